The zero-order chi connectivity index (χ0) is 12.3. The first-order valence-corrected chi connectivity index (χ1v) is 5.64. The number of ether oxygens (including phenoxy) is 1. The first-order valence-electron chi connectivity index (χ1n) is 5.64. The van der Waals surface area contributed by atoms with Crippen LogP contribution in [0.25, 0.3) is 10.8 Å². The average Bonchev–Trinajstić information content (AvgIpc) is 2.33. The summed E-state index contributed by atoms with van der Waals surface area (Å²) in [4.78, 5) is 11.5. The van der Waals surface area contributed by atoms with E-state index >= 15 is 0 Å². The molecule has 0 spiro atoms. The quantitative estimate of drug-likeness (QED) is 0.852. The van der Waals surface area contributed by atoms with Crippen LogP contribution in [0.3, 0.4) is 0 Å². The van der Waals surface area contributed by atoms with Crippen molar-refractivity contribution in [1.29, 1.82) is 0 Å². The molecule has 3 heteroatoms. The summed E-state index contributed by atoms with van der Waals surface area (Å²) in [5.41, 5.74) is 1.85. The Bertz CT molecular complexity index is 549. The Hall–Kier alpha value is -2.03. The molecule has 0 saturated heterocycles. The molecule has 1 N–H and O–H groups in total. The molecule has 2 aromatic rings. The summed E-state index contributed by atoms with van der Waals surface area (Å²) in [6.07, 6.45) is -0.410. The summed E-state index contributed by atoms with van der Waals surface area (Å²) in [7, 11) is 0. The molecule has 2 aromatic carbocycles. The molecule has 0 heterocycles. The molecule has 0 saturated carbocycles. The highest BCUT2D eigenvalue weighted by Gasteiger charge is 2.08. The predicted molar refractivity (Wildman–Crippen MR) is 69.3 cm³/mol. The Labute approximate surface area is 100 Å². The fraction of sp³-hybridized carbons (Fsp3) is 0.214. The van der Waals surface area contributed by atoms with Gasteiger partial charge < -0.3 is 4.74 Å². The topological polar surface area (TPSA) is 38.3 Å². The van der Waals surface area contributed by atoms with Gasteiger partial charge in [-0.15, -0.1) is 0 Å². The highest BCUT2D eigenvalue weighted by molar-refractivity contribution is 6.01. The number of nitrogens with one attached hydrogen (secondary N) is 1. The van der Waals surface area contributed by atoms with Gasteiger partial charge in [0, 0.05) is 5.39 Å². The van der Waals surface area contributed by atoms with Gasteiger partial charge in [0.25, 0.3) is 0 Å². The molecule has 17 heavy (non-hydrogen) atoms. The van der Waals surface area contributed by atoms with Crippen molar-refractivity contribution in [3.05, 3.63) is 42.0 Å². The van der Waals surface area contributed by atoms with Crippen LogP contribution in [0.4, 0.5) is 10.5 Å². The number of fused-ring (bicyclic) bond motifs is 1. The molecule has 0 aliphatic rings. The number of amides is 1. The normalized spacial score (nSPS) is 10.2. The highest BCUT2D eigenvalue weighted by atomic mass is 16.5. The summed E-state index contributed by atoms with van der Waals surface area (Å²) in [6.45, 7) is 4.12. The fourth-order valence-corrected chi connectivity index (χ4v) is 1.82. The van der Waals surface area contributed by atoms with Gasteiger partial charge in [-0.25, -0.2) is 4.79 Å². The van der Waals surface area contributed by atoms with E-state index in [0.29, 0.717) is 6.61 Å². The lowest BCUT2D eigenvalue weighted by Crippen LogP contribution is -2.14. The largest absolute Gasteiger partial charge is 0.450 e. The van der Waals surface area contributed by atoms with E-state index in [4.69, 9.17) is 4.74 Å². The van der Waals surface area contributed by atoms with E-state index in [9.17, 15) is 4.79 Å². The lowest BCUT2D eigenvalue weighted by Gasteiger charge is -2.11. The lowest BCUT2D eigenvalue weighted by molar-refractivity contribution is 0.168. The molecule has 0 fully saturated rings. The highest BCUT2D eigenvalue weighted by Crippen LogP contribution is 2.27. The van der Waals surface area contributed by atoms with E-state index in [0.717, 1.165) is 22.0 Å². The van der Waals surface area contributed by atoms with Crippen LogP contribution in [-0.2, 0) is 4.74 Å². The van der Waals surface area contributed by atoms with E-state index in [1.165, 1.54) is 0 Å². The molecule has 3 nitrogen and oxygen atoms in total. The Morgan fingerprint density at radius 2 is 2.00 bits per heavy atom. The van der Waals surface area contributed by atoms with Crippen molar-refractivity contribution in [2.45, 2.75) is 13.8 Å². The molecular formula is C14H15NO2. The van der Waals surface area contributed by atoms with Crippen molar-refractivity contribution in [3.63, 3.8) is 0 Å². The Kier molecular flexibility index (Phi) is 3.28. The van der Waals surface area contributed by atoms with Gasteiger partial charge in [-0.05, 0) is 24.8 Å². The Morgan fingerprint density at radius 1 is 1.24 bits per heavy atom. The van der Waals surface area contributed by atoms with Gasteiger partial charge in [0.15, 0.2) is 0 Å². The van der Waals surface area contributed by atoms with Crippen LogP contribution in [0, 0.1) is 6.92 Å². The third-order valence-corrected chi connectivity index (χ3v) is 2.64. The number of aryl methyl sites for hydroxylation is 1. The van der Waals surface area contributed by atoms with E-state index < -0.39 is 6.09 Å². The molecule has 88 valence electrons. The standard InChI is InChI=1S/C14H15NO2/c1-3-17-14(16)15-13-10(2)8-9-11-6-4-5-7-12(11)13/h4-9H,3H2,1-2H3,(H,15,16). The van der Waals surface area contributed by atoms with E-state index in [-0.39, 0.29) is 0 Å². The SMILES string of the molecule is CCOC(=O)Nc1c(C)ccc2ccccc12. The first kappa shape index (κ1) is 11.5. The number of carbonyl (C=O) groups is 1. The molecule has 0 aromatic heterocycles. The van der Waals surface area contributed by atoms with Gasteiger partial charge >= 0.3 is 6.09 Å². The zero-order valence-electron chi connectivity index (χ0n) is 9.99. The molecule has 0 aliphatic heterocycles. The van der Waals surface area contributed by atoms with E-state index in [2.05, 4.69) is 5.32 Å². The van der Waals surface area contributed by atoms with Crippen LogP contribution < -0.4 is 5.32 Å². The smallest absolute Gasteiger partial charge is 0.411 e. The summed E-state index contributed by atoms with van der Waals surface area (Å²) in [5.74, 6) is 0. The second-order valence-electron chi connectivity index (χ2n) is 3.82. The van der Waals surface area contributed by atoms with Crippen LogP contribution in [0.2, 0.25) is 0 Å². The van der Waals surface area contributed by atoms with Crippen LogP contribution in [0.15, 0.2) is 36.4 Å². The van der Waals surface area contributed by atoms with Crippen molar-refractivity contribution in [2.24, 2.45) is 0 Å². The minimum Gasteiger partial charge on any atom is -0.450 e. The molecule has 2 rings (SSSR count). The average molecular weight is 229 g/mol. The molecule has 0 radical (unpaired) electrons. The Balaban J connectivity index is 2.44. The monoisotopic (exact) mass is 229 g/mol. The molecule has 0 aliphatic carbocycles. The first-order chi connectivity index (χ1) is 8.22. The van der Waals surface area contributed by atoms with Crippen molar-refractivity contribution in [2.75, 3.05) is 11.9 Å². The molecule has 0 unspecified atom stereocenters. The maximum atomic E-state index is 11.5. The summed E-state index contributed by atoms with van der Waals surface area (Å²) in [5, 5.41) is 4.92. The van der Waals surface area contributed by atoms with Crippen LogP contribution in [0.1, 0.15) is 12.5 Å². The second kappa shape index (κ2) is 4.87. The third kappa shape index (κ3) is 2.38. The summed E-state index contributed by atoms with van der Waals surface area (Å²) in [6, 6.07) is 12.0. The van der Waals surface area contributed by atoms with Gasteiger partial charge in [0.1, 0.15) is 0 Å². The van der Waals surface area contributed by atoms with Crippen LogP contribution in [0.5, 0.6) is 0 Å². The number of benzene rings is 2. The van der Waals surface area contributed by atoms with Gasteiger partial charge in [-0.2, -0.15) is 0 Å². The number of carbonyl (C=O) groups excluding carboxylic acids is 1. The number of rotatable bonds is 2. The summed E-state index contributed by atoms with van der Waals surface area (Å²) >= 11 is 0. The predicted octanol–water partition coefficient (Wildman–Crippen LogP) is 3.72. The Morgan fingerprint density at radius 3 is 2.76 bits per heavy atom. The minimum absolute atomic E-state index is 0.371. The van der Waals surface area contributed by atoms with Crippen LogP contribution in [-0.4, -0.2) is 12.7 Å². The maximum absolute atomic E-state index is 11.5. The van der Waals surface area contributed by atoms with Gasteiger partial charge in [0.2, 0.25) is 0 Å². The van der Waals surface area contributed by atoms with Crippen molar-refractivity contribution < 1.29 is 9.53 Å². The van der Waals surface area contributed by atoms with Crippen molar-refractivity contribution in [3.8, 4) is 0 Å². The van der Waals surface area contributed by atoms with Crippen molar-refractivity contribution in [1.82, 2.24) is 0 Å². The van der Waals surface area contributed by atoms with Crippen LogP contribution >= 0.6 is 0 Å². The minimum atomic E-state index is -0.410. The van der Waals surface area contributed by atoms with E-state index in [1.54, 1.807) is 6.92 Å². The van der Waals surface area contributed by atoms with Gasteiger partial charge in [-0.3, -0.25) is 5.32 Å². The zero-order valence-corrected chi connectivity index (χ0v) is 9.99. The van der Waals surface area contributed by atoms with E-state index in [1.807, 2.05) is 43.3 Å². The fourth-order valence-electron chi connectivity index (χ4n) is 1.82. The maximum Gasteiger partial charge on any atom is 0.411 e. The second-order valence-corrected chi connectivity index (χ2v) is 3.82. The van der Waals surface area contributed by atoms with Gasteiger partial charge in [-0.1, -0.05) is 36.4 Å². The summed E-state index contributed by atoms with van der Waals surface area (Å²) < 4.78 is 4.90. The molecule has 1 amide bonds. The molecule has 0 atom stereocenters. The number of anilines is 1. The number of hydrogen-bond acceptors (Lipinski definition) is 2. The molecule has 0 bridgehead atoms. The third-order valence-electron chi connectivity index (χ3n) is 2.64. The number of hydrogen-bond donors (Lipinski definition) is 1. The van der Waals surface area contributed by atoms with Crippen molar-refractivity contribution >= 4 is 22.6 Å². The lowest BCUT2D eigenvalue weighted by atomic mass is 10.0. The van der Waals surface area contributed by atoms with Gasteiger partial charge in [0.05, 0.1) is 12.3 Å². The molecular weight excluding hydrogens is 214 g/mol.